The van der Waals surface area contributed by atoms with Gasteiger partial charge in [-0.05, 0) is 50.4 Å². The molecule has 3 aliphatic rings. The van der Waals surface area contributed by atoms with Crippen LogP contribution in [-0.2, 0) is 4.79 Å². The van der Waals surface area contributed by atoms with E-state index in [1.807, 2.05) is 6.92 Å². The highest BCUT2D eigenvalue weighted by Crippen LogP contribution is 2.62. The molecule has 0 heterocycles. The van der Waals surface area contributed by atoms with Crippen LogP contribution in [0, 0.1) is 22.2 Å². The second-order valence-corrected chi connectivity index (χ2v) is 9.47. The Labute approximate surface area is 149 Å². The normalized spacial score (nSPS) is 45.0. The van der Waals surface area contributed by atoms with E-state index in [1.165, 1.54) is 0 Å². The Kier molecular flexibility index (Phi) is 4.47. The minimum Gasteiger partial charge on any atom is -0.394 e. The Morgan fingerprint density at radius 1 is 1.16 bits per heavy atom. The van der Waals surface area contributed by atoms with Gasteiger partial charge in [0.1, 0.15) is 0 Å². The maximum Gasteiger partial charge on any atom is 0.169 e. The summed E-state index contributed by atoms with van der Waals surface area (Å²) in [5.74, 6) is -0.157. The summed E-state index contributed by atoms with van der Waals surface area (Å²) in [4.78, 5) is 13.2. The van der Waals surface area contributed by atoms with Crippen LogP contribution >= 0.6 is 0 Å². The van der Waals surface area contributed by atoms with E-state index in [2.05, 4.69) is 13.8 Å². The Hall–Kier alpha value is -0.750. The molecule has 0 unspecified atom stereocenters. The van der Waals surface area contributed by atoms with Crippen molar-refractivity contribution in [3.05, 3.63) is 11.1 Å². The van der Waals surface area contributed by atoms with Crippen LogP contribution < -0.4 is 0 Å². The molecule has 0 bridgehead atoms. The molecule has 5 heteroatoms. The molecule has 4 N–H and O–H groups in total. The molecule has 5 nitrogen and oxygen atoms in total. The van der Waals surface area contributed by atoms with E-state index in [9.17, 15) is 25.2 Å². The fourth-order valence-electron chi connectivity index (χ4n) is 5.85. The minimum atomic E-state index is -1.14. The van der Waals surface area contributed by atoms with Crippen molar-refractivity contribution in [3.63, 3.8) is 0 Å². The lowest BCUT2D eigenvalue weighted by Gasteiger charge is -2.59. The largest absolute Gasteiger partial charge is 0.394 e. The first-order valence-corrected chi connectivity index (χ1v) is 9.43. The summed E-state index contributed by atoms with van der Waals surface area (Å²) in [6.07, 6.45) is 0.505. The Morgan fingerprint density at radius 3 is 2.40 bits per heavy atom. The third-order valence-electron chi connectivity index (χ3n) is 7.76. The first-order valence-electron chi connectivity index (χ1n) is 9.43. The van der Waals surface area contributed by atoms with Gasteiger partial charge in [-0.2, -0.15) is 0 Å². The SMILES string of the molecule is CC1(C)CC[C@@H](O)[C@@]2(C)C3=C(C(=O)[C@@](C)([C@H](O)CO)CC3)[C@@H](O)C[C@H]12. The quantitative estimate of drug-likeness (QED) is 0.605. The topological polar surface area (TPSA) is 98.0 Å². The second kappa shape index (κ2) is 5.88. The second-order valence-electron chi connectivity index (χ2n) is 9.47. The molecule has 0 radical (unpaired) electrons. The van der Waals surface area contributed by atoms with Crippen molar-refractivity contribution >= 4 is 5.78 Å². The van der Waals surface area contributed by atoms with Gasteiger partial charge in [0.15, 0.2) is 5.78 Å². The number of fused-ring (bicyclic) bond motifs is 2. The number of Topliss-reactive ketones (excluding diaryl/α,β-unsaturated/α-hetero) is 1. The van der Waals surface area contributed by atoms with Crippen LogP contribution in [0.15, 0.2) is 11.1 Å². The van der Waals surface area contributed by atoms with Crippen LogP contribution in [0.5, 0.6) is 0 Å². The molecule has 0 aliphatic heterocycles. The lowest BCUT2D eigenvalue weighted by atomic mass is 9.46. The maximum atomic E-state index is 13.2. The van der Waals surface area contributed by atoms with E-state index in [4.69, 9.17) is 0 Å². The molecule has 6 atom stereocenters. The van der Waals surface area contributed by atoms with Crippen LogP contribution in [0.2, 0.25) is 0 Å². The monoisotopic (exact) mass is 352 g/mol. The molecule has 0 amide bonds. The van der Waals surface area contributed by atoms with Gasteiger partial charge in [0, 0.05) is 11.0 Å². The number of ketones is 1. The number of hydrogen-bond acceptors (Lipinski definition) is 5. The molecule has 3 aliphatic carbocycles. The van der Waals surface area contributed by atoms with Gasteiger partial charge in [-0.3, -0.25) is 4.79 Å². The van der Waals surface area contributed by atoms with Crippen LogP contribution in [-0.4, -0.2) is 51.1 Å². The Balaban J connectivity index is 2.13. The van der Waals surface area contributed by atoms with E-state index < -0.39 is 35.7 Å². The highest BCUT2D eigenvalue weighted by Gasteiger charge is 2.60. The zero-order chi connectivity index (χ0) is 18.8. The first kappa shape index (κ1) is 19.0. The number of carbonyl (C=O) groups excluding carboxylic acids is 1. The molecule has 1 saturated carbocycles. The van der Waals surface area contributed by atoms with Crippen molar-refractivity contribution in [3.8, 4) is 0 Å². The first-order chi connectivity index (χ1) is 11.5. The van der Waals surface area contributed by atoms with Crippen molar-refractivity contribution in [1.82, 2.24) is 0 Å². The summed E-state index contributed by atoms with van der Waals surface area (Å²) in [5, 5.41) is 41.3. The van der Waals surface area contributed by atoms with Crippen LogP contribution in [0.25, 0.3) is 0 Å². The van der Waals surface area contributed by atoms with E-state index in [1.54, 1.807) is 6.92 Å². The predicted molar refractivity (Wildman–Crippen MR) is 93.7 cm³/mol. The average molecular weight is 352 g/mol. The molecular formula is C20H32O5. The van der Waals surface area contributed by atoms with E-state index >= 15 is 0 Å². The Morgan fingerprint density at radius 2 is 1.80 bits per heavy atom. The van der Waals surface area contributed by atoms with Gasteiger partial charge >= 0.3 is 0 Å². The number of rotatable bonds is 2. The molecule has 1 fully saturated rings. The highest BCUT2D eigenvalue weighted by atomic mass is 16.3. The maximum absolute atomic E-state index is 13.2. The van der Waals surface area contributed by atoms with Gasteiger partial charge in [-0.1, -0.05) is 26.3 Å². The van der Waals surface area contributed by atoms with E-state index in [0.717, 1.165) is 12.0 Å². The third-order valence-corrected chi connectivity index (χ3v) is 7.76. The number of carbonyl (C=O) groups is 1. The van der Waals surface area contributed by atoms with Crippen molar-refractivity contribution in [2.24, 2.45) is 22.2 Å². The standard InChI is InChI=1S/C20H32O5/c1-18(2)7-6-14(23)20(4)11-5-8-19(3,15(24)10-21)17(25)16(11)12(22)9-13(18)20/h12-15,21-24H,5-10H2,1-4H3/t12-,13+,14+,15+,19+,20-/m0/s1. The average Bonchev–Trinajstić information content (AvgIpc) is 2.56. The molecule has 25 heavy (non-hydrogen) atoms. The molecule has 0 aromatic rings. The molecule has 0 aromatic carbocycles. The molecule has 142 valence electrons. The lowest BCUT2D eigenvalue weighted by Crippen LogP contribution is -2.58. The summed E-state index contributed by atoms with van der Waals surface area (Å²) in [6.45, 7) is 7.61. The van der Waals surface area contributed by atoms with Gasteiger partial charge in [-0.15, -0.1) is 0 Å². The third kappa shape index (κ3) is 2.47. The summed E-state index contributed by atoms with van der Waals surface area (Å²) < 4.78 is 0. The number of aliphatic hydroxyl groups is 4. The van der Waals surface area contributed by atoms with Gasteiger partial charge in [0.2, 0.25) is 0 Å². The number of hydrogen-bond donors (Lipinski definition) is 4. The van der Waals surface area contributed by atoms with Gasteiger partial charge in [0.25, 0.3) is 0 Å². The molecule has 3 rings (SSSR count). The summed E-state index contributed by atoms with van der Waals surface area (Å²) in [6, 6.07) is 0. The van der Waals surface area contributed by atoms with Crippen molar-refractivity contribution < 1.29 is 25.2 Å². The summed E-state index contributed by atoms with van der Waals surface area (Å²) in [5.41, 5.74) is -0.340. The summed E-state index contributed by atoms with van der Waals surface area (Å²) in [7, 11) is 0. The van der Waals surface area contributed by atoms with E-state index in [-0.39, 0.29) is 17.1 Å². The van der Waals surface area contributed by atoms with Gasteiger partial charge in [0.05, 0.1) is 30.3 Å². The molecule has 0 spiro atoms. The van der Waals surface area contributed by atoms with Crippen molar-refractivity contribution in [2.45, 2.75) is 78.1 Å². The fraction of sp³-hybridized carbons (Fsp3) is 0.850. The van der Waals surface area contributed by atoms with E-state index in [0.29, 0.717) is 31.3 Å². The molecule has 0 aromatic heterocycles. The smallest absolute Gasteiger partial charge is 0.169 e. The van der Waals surface area contributed by atoms with Crippen molar-refractivity contribution in [2.75, 3.05) is 6.61 Å². The minimum absolute atomic E-state index is 0.0120. The predicted octanol–water partition coefficient (Wildman–Crippen LogP) is 1.57. The Bertz CT molecular complexity index is 609. The number of aliphatic hydroxyl groups excluding tert-OH is 4. The lowest BCUT2D eigenvalue weighted by molar-refractivity contribution is -0.141. The molecule has 0 saturated heterocycles. The zero-order valence-corrected chi connectivity index (χ0v) is 15.7. The van der Waals surface area contributed by atoms with Gasteiger partial charge < -0.3 is 20.4 Å². The summed E-state index contributed by atoms with van der Waals surface area (Å²) >= 11 is 0. The fourth-order valence-corrected chi connectivity index (χ4v) is 5.85. The zero-order valence-electron chi connectivity index (χ0n) is 15.7. The van der Waals surface area contributed by atoms with Crippen molar-refractivity contribution in [1.29, 1.82) is 0 Å². The van der Waals surface area contributed by atoms with Crippen LogP contribution in [0.3, 0.4) is 0 Å². The van der Waals surface area contributed by atoms with Crippen LogP contribution in [0.4, 0.5) is 0 Å². The molecular weight excluding hydrogens is 320 g/mol. The van der Waals surface area contributed by atoms with Crippen LogP contribution in [0.1, 0.15) is 59.8 Å². The highest BCUT2D eigenvalue weighted by molar-refractivity contribution is 6.03. The van der Waals surface area contributed by atoms with Gasteiger partial charge in [-0.25, -0.2) is 0 Å².